The number of amides is 2. The fourth-order valence-electron chi connectivity index (χ4n) is 3.74. The first kappa shape index (κ1) is 28.4. The maximum atomic E-state index is 13.5. The first-order valence-electron chi connectivity index (χ1n) is 11.8. The van der Waals surface area contributed by atoms with Gasteiger partial charge in [-0.05, 0) is 44.9 Å². The lowest BCUT2D eigenvalue weighted by Gasteiger charge is -2.22. The number of halogens is 3. The van der Waals surface area contributed by atoms with E-state index in [-0.39, 0.29) is 23.6 Å². The van der Waals surface area contributed by atoms with Gasteiger partial charge in [0.25, 0.3) is 11.5 Å². The van der Waals surface area contributed by atoms with Crippen LogP contribution in [-0.2, 0) is 11.3 Å². The van der Waals surface area contributed by atoms with Crippen LogP contribution in [0.3, 0.4) is 0 Å². The fourth-order valence-corrected chi connectivity index (χ4v) is 5.01. The van der Waals surface area contributed by atoms with Crippen LogP contribution < -0.4 is 20.9 Å². The largest absolute Gasteiger partial charge is 0.573 e. The maximum Gasteiger partial charge on any atom is 0.573 e. The van der Waals surface area contributed by atoms with Crippen LogP contribution in [0.15, 0.2) is 40.2 Å². The Hall–Kier alpha value is -3.15. The van der Waals surface area contributed by atoms with E-state index >= 15 is 0 Å². The zero-order valence-corrected chi connectivity index (χ0v) is 21.8. The van der Waals surface area contributed by atoms with Crippen molar-refractivity contribution in [1.29, 1.82) is 0 Å². The molecule has 1 aromatic heterocycles. The third-order valence-corrected chi connectivity index (χ3v) is 6.47. The van der Waals surface area contributed by atoms with Gasteiger partial charge in [0.2, 0.25) is 0 Å². The summed E-state index contributed by atoms with van der Waals surface area (Å²) in [6, 6.07) is 4.56. The average Bonchev–Trinajstić information content (AvgIpc) is 3.17. The van der Waals surface area contributed by atoms with Crippen LogP contribution in [0.2, 0.25) is 0 Å². The van der Waals surface area contributed by atoms with Crippen LogP contribution in [0, 0.1) is 0 Å². The van der Waals surface area contributed by atoms with E-state index in [2.05, 4.69) is 15.4 Å². The van der Waals surface area contributed by atoms with Crippen LogP contribution >= 0.6 is 11.8 Å². The Labute approximate surface area is 216 Å². The molecule has 0 fully saturated rings. The molecule has 2 N–H and O–H groups in total. The number of alkyl carbamates (subject to hydrolysis) is 1. The van der Waals surface area contributed by atoms with Crippen molar-refractivity contribution in [2.45, 2.75) is 70.0 Å². The van der Waals surface area contributed by atoms with Crippen LogP contribution in [0.4, 0.5) is 18.0 Å². The third-order valence-electron chi connectivity index (χ3n) is 5.24. The molecule has 12 heteroatoms. The summed E-state index contributed by atoms with van der Waals surface area (Å²) in [6.07, 6.45) is -2.50. The summed E-state index contributed by atoms with van der Waals surface area (Å²) < 4.78 is 48.6. The first-order chi connectivity index (χ1) is 17.3. The van der Waals surface area contributed by atoms with E-state index in [1.54, 1.807) is 26.8 Å². The number of nitrogens with one attached hydrogen (secondary N) is 2. The number of unbranched alkanes of at least 4 members (excludes halogenated alkanes) is 1. The van der Waals surface area contributed by atoms with Gasteiger partial charge in [0.05, 0.1) is 23.7 Å². The number of aromatic nitrogens is 1. The quantitative estimate of drug-likeness (QED) is 0.457. The second kappa shape index (κ2) is 11.5. The second-order valence-corrected chi connectivity index (χ2v) is 10.6. The van der Waals surface area contributed by atoms with Crippen molar-refractivity contribution in [2.24, 2.45) is 0 Å². The van der Waals surface area contributed by atoms with Crippen LogP contribution in [-0.4, -0.2) is 40.8 Å². The monoisotopic (exact) mass is 541 g/mol. The number of alkyl halides is 3. The minimum absolute atomic E-state index is 0.111. The smallest absolute Gasteiger partial charge is 0.444 e. The lowest BCUT2D eigenvalue weighted by Crippen LogP contribution is -2.38. The standard InChI is InChI=1S/C25H30F3N3O5S/c1-5-6-10-29-21(32)17-13-31(12-15-8-7-9-16(11-15)35-25(26,27)28)22(33)19-18(14-37-20(17)19)30-23(34)36-24(2,3)4/h7-9,11,13,18H,5-6,10,12,14H2,1-4H3,(H,29,32)(H,30,34)/t18-/m0/s1. The Morgan fingerprint density at radius 3 is 2.59 bits per heavy atom. The summed E-state index contributed by atoms with van der Waals surface area (Å²) >= 11 is 1.28. The van der Waals surface area contributed by atoms with Crippen molar-refractivity contribution >= 4 is 23.8 Å². The lowest BCUT2D eigenvalue weighted by atomic mass is 10.1. The molecule has 37 heavy (non-hydrogen) atoms. The molecule has 0 saturated carbocycles. The number of nitrogens with zero attached hydrogens (tertiary/aromatic N) is 1. The van der Waals surface area contributed by atoms with Gasteiger partial charge in [-0.2, -0.15) is 0 Å². The molecule has 1 aliphatic heterocycles. The predicted octanol–water partition coefficient (Wildman–Crippen LogP) is 5.00. The number of carbonyl (C=O) groups excluding carboxylic acids is 2. The Morgan fingerprint density at radius 2 is 1.95 bits per heavy atom. The molecule has 0 aliphatic carbocycles. The zero-order chi connectivity index (χ0) is 27.4. The Bertz CT molecular complexity index is 1210. The number of carbonyl (C=O) groups is 2. The van der Waals surface area contributed by atoms with E-state index < -0.39 is 35.4 Å². The van der Waals surface area contributed by atoms with Gasteiger partial charge in [0.1, 0.15) is 11.4 Å². The summed E-state index contributed by atoms with van der Waals surface area (Å²) in [5.41, 5.74) is -0.353. The summed E-state index contributed by atoms with van der Waals surface area (Å²) in [5, 5.41) is 5.54. The molecule has 2 heterocycles. The Kier molecular flexibility index (Phi) is 8.83. The van der Waals surface area contributed by atoms with E-state index in [9.17, 15) is 27.6 Å². The topological polar surface area (TPSA) is 98.7 Å². The third kappa shape index (κ3) is 7.91. The number of hydrogen-bond acceptors (Lipinski definition) is 6. The number of fused-ring (bicyclic) bond motifs is 1. The van der Waals surface area contributed by atoms with Gasteiger partial charge in [-0.3, -0.25) is 9.59 Å². The van der Waals surface area contributed by atoms with E-state index in [0.29, 0.717) is 22.8 Å². The van der Waals surface area contributed by atoms with E-state index in [1.807, 2.05) is 6.92 Å². The van der Waals surface area contributed by atoms with Crippen LogP contribution in [0.5, 0.6) is 5.75 Å². The molecule has 0 spiro atoms. The highest BCUT2D eigenvalue weighted by Gasteiger charge is 2.34. The fraction of sp³-hybridized carbons (Fsp3) is 0.480. The van der Waals surface area contributed by atoms with Crippen molar-refractivity contribution in [1.82, 2.24) is 15.2 Å². The summed E-state index contributed by atoms with van der Waals surface area (Å²) in [5.74, 6) is -0.479. The number of pyridine rings is 1. The molecule has 0 unspecified atom stereocenters. The SMILES string of the molecule is CCCCNC(=O)c1cn(Cc2cccc(OC(F)(F)F)c2)c(=O)c2c1SC[C@@H]2NC(=O)OC(C)(C)C. The number of benzene rings is 1. The minimum atomic E-state index is -4.86. The molecule has 202 valence electrons. The van der Waals surface area contributed by atoms with Crippen molar-refractivity contribution in [2.75, 3.05) is 12.3 Å². The first-order valence-corrected chi connectivity index (χ1v) is 12.8. The summed E-state index contributed by atoms with van der Waals surface area (Å²) in [6.45, 7) is 7.47. The molecule has 2 amide bonds. The molecule has 0 bridgehead atoms. The normalized spacial score (nSPS) is 15.2. The average molecular weight is 542 g/mol. The highest BCUT2D eigenvalue weighted by Crippen LogP contribution is 2.39. The number of thioether (sulfide) groups is 1. The molecule has 0 radical (unpaired) electrons. The van der Waals surface area contributed by atoms with Crippen molar-refractivity contribution in [3.63, 3.8) is 0 Å². The lowest BCUT2D eigenvalue weighted by molar-refractivity contribution is -0.274. The van der Waals surface area contributed by atoms with Gasteiger partial charge in [-0.1, -0.05) is 25.5 Å². The highest BCUT2D eigenvalue weighted by atomic mass is 32.2. The molecule has 3 rings (SSSR count). The van der Waals surface area contributed by atoms with Crippen molar-refractivity contribution < 1.29 is 32.2 Å². The molecule has 1 aliphatic rings. The summed E-state index contributed by atoms with van der Waals surface area (Å²) in [4.78, 5) is 39.4. The molecule has 1 atom stereocenters. The van der Waals surface area contributed by atoms with Gasteiger partial charge in [0, 0.05) is 23.4 Å². The minimum Gasteiger partial charge on any atom is -0.444 e. The maximum absolute atomic E-state index is 13.5. The highest BCUT2D eigenvalue weighted by molar-refractivity contribution is 7.99. The van der Waals surface area contributed by atoms with Gasteiger partial charge in [0.15, 0.2) is 0 Å². The van der Waals surface area contributed by atoms with Crippen molar-refractivity contribution in [3.8, 4) is 5.75 Å². The molecule has 1 aromatic carbocycles. The van der Waals surface area contributed by atoms with Gasteiger partial charge >= 0.3 is 12.5 Å². The zero-order valence-electron chi connectivity index (χ0n) is 21.0. The molecular weight excluding hydrogens is 511 g/mol. The van der Waals surface area contributed by atoms with Crippen molar-refractivity contribution in [3.05, 3.63) is 57.5 Å². The van der Waals surface area contributed by atoms with E-state index in [0.717, 1.165) is 18.9 Å². The second-order valence-electron chi connectivity index (χ2n) is 9.53. The molecule has 8 nitrogen and oxygen atoms in total. The van der Waals surface area contributed by atoms with Gasteiger partial charge < -0.3 is 24.7 Å². The number of ether oxygens (including phenoxy) is 2. The van der Waals surface area contributed by atoms with Gasteiger partial charge in [-0.25, -0.2) is 4.79 Å². The number of rotatable bonds is 8. The predicted molar refractivity (Wildman–Crippen MR) is 133 cm³/mol. The van der Waals surface area contributed by atoms with Crippen LogP contribution in [0.25, 0.3) is 0 Å². The number of hydrogen-bond donors (Lipinski definition) is 2. The van der Waals surface area contributed by atoms with Crippen LogP contribution in [0.1, 0.15) is 68.1 Å². The summed E-state index contributed by atoms with van der Waals surface area (Å²) in [7, 11) is 0. The molecule has 0 saturated heterocycles. The Morgan fingerprint density at radius 1 is 1.22 bits per heavy atom. The Balaban J connectivity index is 1.99. The van der Waals surface area contributed by atoms with E-state index in [4.69, 9.17) is 4.74 Å². The van der Waals surface area contributed by atoms with E-state index in [1.165, 1.54) is 34.7 Å². The van der Waals surface area contributed by atoms with Gasteiger partial charge in [-0.15, -0.1) is 24.9 Å². The molecule has 2 aromatic rings. The molecular formula is C25H30F3N3O5S.